The van der Waals surface area contributed by atoms with E-state index in [2.05, 4.69) is 4.72 Å². The third kappa shape index (κ3) is 4.06. The molecule has 2 atom stereocenters. The summed E-state index contributed by atoms with van der Waals surface area (Å²) in [4.78, 5) is 0. The van der Waals surface area contributed by atoms with Crippen LogP contribution < -0.4 is 4.72 Å². The Balaban J connectivity index is 3.07. The van der Waals surface area contributed by atoms with Gasteiger partial charge >= 0.3 is 0 Å². The Labute approximate surface area is 120 Å². The van der Waals surface area contributed by atoms with Gasteiger partial charge in [-0.1, -0.05) is 18.2 Å². The van der Waals surface area contributed by atoms with Crippen molar-refractivity contribution in [1.29, 1.82) is 0 Å². The van der Waals surface area contributed by atoms with Crippen molar-refractivity contribution in [2.24, 2.45) is 0 Å². The van der Waals surface area contributed by atoms with Gasteiger partial charge in [-0.05, 0) is 27.7 Å². The molecule has 1 N–H and O–H groups in total. The van der Waals surface area contributed by atoms with Gasteiger partial charge in [-0.25, -0.2) is 22.1 Å². The first-order valence-electron chi connectivity index (χ1n) is 6.29. The second-order valence-electron chi connectivity index (χ2n) is 5.82. The second kappa shape index (κ2) is 5.85. The zero-order chi connectivity index (χ0) is 15.7. The van der Waals surface area contributed by atoms with Gasteiger partial charge in [-0.3, -0.25) is 0 Å². The van der Waals surface area contributed by atoms with Crippen LogP contribution in [0.1, 0.15) is 51.8 Å². The molecule has 0 bridgehead atoms. The Kier molecular flexibility index (Phi) is 5.03. The molecule has 114 valence electrons. The second-order valence-corrected chi connectivity index (χ2v) is 7.82. The molecule has 0 fully saturated rings. The molecule has 0 aliphatic carbocycles. The Morgan fingerprint density at radius 1 is 1.20 bits per heavy atom. The Morgan fingerprint density at radius 2 is 1.75 bits per heavy atom. The van der Waals surface area contributed by atoms with Gasteiger partial charge in [0.25, 0.3) is 5.92 Å². The summed E-state index contributed by atoms with van der Waals surface area (Å²) in [6.45, 7) is 7.57. The number of rotatable bonds is 4. The van der Waals surface area contributed by atoms with E-state index in [0.717, 1.165) is 6.07 Å². The number of alkyl halides is 2. The zero-order valence-corrected chi connectivity index (χ0v) is 13.1. The fourth-order valence-corrected chi connectivity index (χ4v) is 2.43. The van der Waals surface area contributed by atoms with Crippen molar-refractivity contribution in [3.05, 3.63) is 35.1 Å². The molecule has 0 aromatic heterocycles. The van der Waals surface area contributed by atoms with Gasteiger partial charge in [0.15, 0.2) is 0 Å². The van der Waals surface area contributed by atoms with Gasteiger partial charge in [-0.2, -0.15) is 0 Å². The summed E-state index contributed by atoms with van der Waals surface area (Å²) in [6, 6.07) is 3.23. The molecule has 1 unspecified atom stereocenters. The van der Waals surface area contributed by atoms with E-state index in [9.17, 15) is 17.4 Å². The van der Waals surface area contributed by atoms with E-state index < -0.39 is 39.1 Å². The van der Waals surface area contributed by atoms with Crippen LogP contribution in [-0.2, 0) is 16.9 Å². The smallest absolute Gasteiger partial charge is 0.242 e. The summed E-state index contributed by atoms with van der Waals surface area (Å²) in [6.07, 6.45) is 0. The molecule has 1 rings (SSSR count). The highest BCUT2D eigenvalue weighted by atomic mass is 32.2. The van der Waals surface area contributed by atoms with Crippen molar-refractivity contribution in [3.8, 4) is 0 Å². The minimum atomic E-state index is -3.25. The van der Waals surface area contributed by atoms with E-state index in [1.54, 1.807) is 27.7 Å². The summed E-state index contributed by atoms with van der Waals surface area (Å²) in [5.41, 5.74) is -0.563. The van der Waals surface area contributed by atoms with E-state index in [0.29, 0.717) is 6.92 Å². The summed E-state index contributed by atoms with van der Waals surface area (Å²) in [5.74, 6) is -4.20. The van der Waals surface area contributed by atoms with Crippen LogP contribution in [0.25, 0.3) is 0 Å². The highest BCUT2D eigenvalue weighted by Gasteiger charge is 2.31. The number of hydrogen-bond acceptors (Lipinski definition) is 1. The third-order valence-electron chi connectivity index (χ3n) is 2.81. The lowest BCUT2D eigenvalue weighted by atomic mass is 10.0. The Bertz CT molecular complexity index is 506. The minimum absolute atomic E-state index is 0.0848. The first kappa shape index (κ1) is 17.2. The fraction of sp³-hybridized carbons (Fsp3) is 0.571. The largest absolute Gasteiger partial charge is 0.273 e. The topological polar surface area (TPSA) is 29.1 Å². The molecule has 0 aliphatic rings. The third-order valence-corrected chi connectivity index (χ3v) is 4.49. The maximum absolute atomic E-state index is 14.1. The zero-order valence-electron chi connectivity index (χ0n) is 12.3. The van der Waals surface area contributed by atoms with Crippen molar-refractivity contribution >= 4 is 11.0 Å². The summed E-state index contributed by atoms with van der Waals surface area (Å²) >= 11 is 0. The predicted octanol–water partition coefficient (Wildman–Crippen LogP) is 4.05. The van der Waals surface area contributed by atoms with Crippen molar-refractivity contribution < 1.29 is 17.4 Å². The predicted molar refractivity (Wildman–Crippen MR) is 75.4 cm³/mol. The average Bonchev–Trinajstić information content (AvgIpc) is 2.26. The van der Waals surface area contributed by atoms with Crippen LogP contribution in [0.4, 0.5) is 13.2 Å². The van der Waals surface area contributed by atoms with Gasteiger partial charge in [0.05, 0.1) is 21.3 Å². The van der Waals surface area contributed by atoms with Crippen LogP contribution in [0.2, 0.25) is 0 Å². The van der Waals surface area contributed by atoms with Crippen LogP contribution in [0.15, 0.2) is 18.2 Å². The quantitative estimate of drug-likeness (QED) is 0.893. The maximum atomic E-state index is 14.1. The Morgan fingerprint density at radius 3 is 2.20 bits per heavy atom. The Hall–Kier alpha value is -0.880. The van der Waals surface area contributed by atoms with Gasteiger partial charge in [0, 0.05) is 18.5 Å². The van der Waals surface area contributed by atoms with Crippen LogP contribution in [0.3, 0.4) is 0 Å². The van der Waals surface area contributed by atoms with Gasteiger partial charge in [0.2, 0.25) is 0 Å². The van der Waals surface area contributed by atoms with Crippen molar-refractivity contribution in [1.82, 2.24) is 4.72 Å². The van der Waals surface area contributed by atoms with Crippen molar-refractivity contribution in [2.45, 2.75) is 51.3 Å². The lowest BCUT2D eigenvalue weighted by molar-refractivity contribution is 0.0135. The molecule has 0 spiro atoms. The van der Waals surface area contributed by atoms with E-state index in [4.69, 9.17) is 0 Å². The average molecular weight is 307 g/mol. The first-order valence-corrected chi connectivity index (χ1v) is 7.44. The number of hydrogen-bond donors (Lipinski definition) is 1. The van der Waals surface area contributed by atoms with Gasteiger partial charge < -0.3 is 0 Å². The molecule has 6 heteroatoms. The monoisotopic (exact) mass is 307 g/mol. The standard InChI is InChI=1S/C14H20F3NOS/c1-9(18-20(19)13(2,3)4)10-7-6-8-11(12(10)15)14(5,16)17/h6-9,18H,1-5H3/t9-,20?/m1/s1. The summed E-state index contributed by atoms with van der Waals surface area (Å²) < 4.78 is 54.9. The molecule has 0 radical (unpaired) electrons. The van der Waals surface area contributed by atoms with E-state index in [1.807, 2.05) is 0 Å². The molecular formula is C14H20F3NOS. The molecule has 1 aromatic carbocycles. The molecular weight excluding hydrogens is 287 g/mol. The summed E-state index contributed by atoms with van der Waals surface area (Å²) in [5, 5.41) is 0. The fourth-order valence-electron chi connectivity index (χ4n) is 1.62. The van der Waals surface area contributed by atoms with Crippen molar-refractivity contribution in [3.63, 3.8) is 0 Å². The number of nitrogens with one attached hydrogen (secondary N) is 1. The molecule has 1 aromatic rings. The molecule has 0 aliphatic heterocycles. The molecule has 0 saturated carbocycles. The SMILES string of the molecule is C[C@@H](NS(=O)C(C)(C)C)c1cccc(C(C)(F)F)c1F. The van der Waals surface area contributed by atoms with Crippen LogP contribution in [0, 0.1) is 5.82 Å². The van der Waals surface area contributed by atoms with E-state index in [-0.39, 0.29) is 5.56 Å². The molecule has 20 heavy (non-hydrogen) atoms. The summed E-state index contributed by atoms with van der Waals surface area (Å²) in [7, 11) is -1.41. The molecule has 2 nitrogen and oxygen atoms in total. The van der Waals surface area contributed by atoms with Gasteiger partial charge in [0.1, 0.15) is 5.82 Å². The van der Waals surface area contributed by atoms with Gasteiger partial charge in [-0.15, -0.1) is 0 Å². The highest BCUT2D eigenvalue weighted by molar-refractivity contribution is 7.84. The lowest BCUT2D eigenvalue weighted by Crippen LogP contribution is -2.35. The van der Waals surface area contributed by atoms with E-state index in [1.165, 1.54) is 12.1 Å². The minimum Gasteiger partial charge on any atom is -0.242 e. The van der Waals surface area contributed by atoms with Crippen molar-refractivity contribution in [2.75, 3.05) is 0 Å². The van der Waals surface area contributed by atoms with Crippen LogP contribution >= 0.6 is 0 Å². The first-order chi connectivity index (χ1) is 8.94. The van der Waals surface area contributed by atoms with Crippen LogP contribution in [0.5, 0.6) is 0 Å². The lowest BCUT2D eigenvalue weighted by Gasteiger charge is -2.23. The normalized spacial score (nSPS) is 16.0. The maximum Gasteiger partial charge on any atom is 0.273 e. The molecule has 0 amide bonds. The molecule has 0 saturated heterocycles. The number of halogens is 3. The molecule has 0 heterocycles. The van der Waals surface area contributed by atoms with E-state index >= 15 is 0 Å². The highest BCUT2D eigenvalue weighted by Crippen LogP contribution is 2.32. The number of benzene rings is 1. The van der Waals surface area contributed by atoms with Crippen LogP contribution in [-0.4, -0.2) is 8.96 Å².